The molecule has 1 aromatic rings. The highest BCUT2D eigenvalue weighted by Crippen LogP contribution is 2.21. The lowest BCUT2D eigenvalue weighted by Crippen LogP contribution is -2.52. The van der Waals surface area contributed by atoms with Crippen molar-refractivity contribution in [2.24, 2.45) is 4.99 Å². The maximum Gasteiger partial charge on any atom is 0.191 e. The van der Waals surface area contributed by atoms with Crippen LogP contribution in [-0.4, -0.2) is 79.8 Å². The molecule has 142 valence electrons. The van der Waals surface area contributed by atoms with E-state index in [-0.39, 0.29) is 6.54 Å². The van der Waals surface area contributed by atoms with Gasteiger partial charge in [-0.2, -0.15) is 0 Å². The first kappa shape index (κ1) is 19.8. The first-order valence-electron chi connectivity index (χ1n) is 9.13. The third-order valence-electron chi connectivity index (χ3n) is 4.67. The zero-order valence-electron chi connectivity index (χ0n) is 16.0. The Morgan fingerprint density at radius 2 is 2.08 bits per heavy atom. The molecule has 2 rings (SSSR count). The normalized spacial score (nSPS) is 20.9. The molecule has 0 radical (unpaired) electrons. The molecule has 7 heteroatoms. The molecule has 3 N–H and O–H groups in total. The van der Waals surface area contributed by atoms with Gasteiger partial charge in [0.1, 0.15) is 11.4 Å². The quantitative estimate of drug-likeness (QED) is 0.495. The van der Waals surface area contributed by atoms with Gasteiger partial charge in [0.05, 0.1) is 12.8 Å². The van der Waals surface area contributed by atoms with Gasteiger partial charge in [-0.1, -0.05) is 0 Å². The molecule has 0 spiro atoms. The average molecular weight is 351 g/mol. The molecule has 1 aliphatic heterocycles. The van der Waals surface area contributed by atoms with E-state index < -0.39 is 5.60 Å². The van der Waals surface area contributed by atoms with Crippen molar-refractivity contribution in [3.05, 3.63) is 24.2 Å². The van der Waals surface area contributed by atoms with Crippen LogP contribution in [0, 0.1) is 0 Å². The lowest BCUT2D eigenvalue weighted by molar-refractivity contribution is 0.0436. The zero-order chi connectivity index (χ0) is 18.3. The van der Waals surface area contributed by atoms with Gasteiger partial charge in [-0.25, -0.2) is 4.99 Å². The summed E-state index contributed by atoms with van der Waals surface area (Å²) < 4.78 is 5.31. The molecule has 0 aromatic carbocycles. The fraction of sp³-hybridized carbons (Fsp3) is 0.722. The van der Waals surface area contributed by atoms with Crippen LogP contribution in [0.25, 0.3) is 0 Å². The second-order valence-corrected chi connectivity index (χ2v) is 7.02. The third kappa shape index (κ3) is 6.02. The number of guanidine groups is 1. The fourth-order valence-electron chi connectivity index (χ4n) is 2.87. The average Bonchev–Trinajstić information content (AvgIpc) is 3.13. The molecule has 2 unspecified atom stereocenters. The van der Waals surface area contributed by atoms with Gasteiger partial charge in [0, 0.05) is 45.3 Å². The summed E-state index contributed by atoms with van der Waals surface area (Å²) >= 11 is 0. The Morgan fingerprint density at radius 3 is 2.68 bits per heavy atom. The number of rotatable bonds is 7. The van der Waals surface area contributed by atoms with E-state index >= 15 is 0 Å². The van der Waals surface area contributed by atoms with Crippen molar-refractivity contribution in [1.82, 2.24) is 20.4 Å². The van der Waals surface area contributed by atoms with Crippen LogP contribution in [-0.2, 0) is 5.60 Å². The summed E-state index contributed by atoms with van der Waals surface area (Å²) in [6.07, 6.45) is 1.56. The Labute approximate surface area is 151 Å². The lowest BCUT2D eigenvalue weighted by atomic mass is 10.0. The van der Waals surface area contributed by atoms with Crippen molar-refractivity contribution in [1.29, 1.82) is 0 Å². The Morgan fingerprint density at radius 1 is 1.36 bits per heavy atom. The Bertz CT molecular complexity index is 522. The second-order valence-electron chi connectivity index (χ2n) is 7.02. The predicted octanol–water partition coefficient (Wildman–Crippen LogP) is 0.678. The van der Waals surface area contributed by atoms with Crippen molar-refractivity contribution in [3.63, 3.8) is 0 Å². The number of hydrogen-bond acceptors (Lipinski definition) is 5. The number of furan rings is 1. The summed E-state index contributed by atoms with van der Waals surface area (Å²) in [5, 5.41) is 17.2. The smallest absolute Gasteiger partial charge is 0.191 e. The summed E-state index contributed by atoms with van der Waals surface area (Å²) in [6, 6.07) is 3.98. The van der Waals surface area contributed by atoms with Crippen molar-refractivity contribution < 1.29 is 9.52 Å². The van der Waals surface area contributed by atoms with Crippen molar-refractivity contribution in [2.45, 2.75) is 32.4 Å². The maximum absolute atomic E-state index is 10.5. The van der Waals surface area contributed by atoms with Crippen LogP contribution in [0.3, 0.4) is 0 Å². The minimum atomic E-state index is -1.12. The molecular weight excluding hydrogens is 318 g/mol. The van der Waals surface area contributed by atoms with Crippen LogP contribution >= 0.6 is 0 Å². The molecule has 1 aromatic heterocycles. The van der Waals surface area contributed by atoms with E-state index in [1.54, 1.807) is 25.3 Å². The molecule has 7 nitrogen and oxygen atoms in total. The molecule has 0 bridgehead atoms. The lowest BCUT2D eigenvalue weighted by Gasteiger charge is -2.36. The van der Waals surface area contributed by atoms with E-state index in [0.29, 0.717) is 11.8 Å². The molecule has 1 aliphatic rings. The molecule has 0 saturated carbocycles. The molecule has 0 aliphatic carbocycles. The van der Waals surface area contributed by atoms with Gasteiger partial charge in [-0.3, -0.25) is 4.90 Å². The molecule has 2 atom stereocenters. The molecule has 2 heterocycles. The molecule has 1 fully saturated rings. The maximum atomic E-state index is 10.5. The Hall–Kier alpha value is -1.57. The number of likely N-dealkylation sites (N-methyl/N-ethyl adjacent to an activating group) is 1. The van der Waals surface area contributed by atoms with Crippen molar-refractivity contribution in [2.75, 3.05) is 52.9 Å². The van der Waals surface area contributed by atoms with Crippen LogP contribution in [0.15, 0.2) is 27.8 Å². The molecule has 0 amide bonds. The van der Waals surface area contributed by atoms with Gasteiger partial charge in [-0.05, 0) is 40.0 Å². The zero-order valence-corrected chi connectivity index (χ0v) is 16.0. The van der Waals surface area contributed by atoms with E-state index in [9.17, 15) is 5.11 Å². The van der Waals surface area contributed by atoms with Gasteiger partial charge in [0.15, 0.2) is 5.96 Å². The van der Waals surface area contributed by atoms with E-state index in [4.69, 9.17) is 4.42 Å². The third-order valence-corrected chi connectivity index (χ3v) is 4.67. The highest BCUT2D eigenvalue weighted by atomic mass is 16.4. The van der Waals surface area contributed by atoms with Gasteiger partial charge < -0.3 is 25.1 Å². The number of nitrogens with zero attached hydrogens (tertiary/aromatic N) is 3. The van der Waals surface area contributed by atoms with Gasteiger partial charge in [0.2, 0.25) is 0 Å². The Balaban J connectivity index is 1.87. The van der Waals surface area contributed by atoms with E-state index in [0.717, 1.165) is 45.2 Å². The van der Waals surface area contributed by atoms with Gasteiger partial charge >= 0.3 is 0 Å². The SMILES string of the molecule is CCNC(=NCC(C)(O)c1ccco1)NCC(C)N1CCN(C)CC1. The number of nitrogens with one attached hydrogen (secondary N) is 2. The highest BCUT2D eigenvalue weighted by molar-refractivity contribution is 5.79. The fourth-order valence-corrected chi connectivity index (χ4v) is 2.87. The minimum Gasteiger partial charge on any atom is -0.466 e. The largest absolute Gasteiger partial charge is 0.466 e. The van der Waals surface area contributed by atoms with Crippen LogP contribution in [0.4, 0.5) is 0 Å². The molecule has 25 heavy (non-hydrogen) atoms. The first-order valence-corrected chi connectivity index (χ1v) is 9.13. The van der Waals surface area contributed by atoms with Crippen LogP contribution < -0.4 is 10.6 Å². The standard InChI is InChI=1S/C18H33N5O2/c1-5-19-17(21-14-18(3,24)16-7-6-12-25-16)20-13-15(2)23-10-8-22(4)9-11-23/h6-7,12,15,24H,5,8-11,13-14H2,1-4H3,(H2,19,20,21). The van der Waals surface area contributed by atoms with Crippen molar-refractivity contribution >= 4 is 5.96 Å². The summed E-state index contributed by atoms with van der Waals surface area (Å²) in [6.45, 7) is 12.2. The van der Waals surface area contributed by atoms with E-state index in [1.807, 2.05) is 6.92 Å². The minimum absolute atomic E-state index is 0.235. The number of aliphatic imine (C=N–C) groups is 1. The molecule has 1 saturated heterocycles. The number of aliphatic hydroxyl groups is 1. The Kier molecular flexibility index (Phi) is 7.28. The van der Waals surface area contributed by atoms with Crippen LogP contribution in [0.5, 0.6) is 0 Å². The molecular formula is C18H33N5O2. The van der Waals surface area contributed by atoms with Crippen LogP contribution in [0.2, 0.25) is 0 Å². The summed E-state index contributed by atoms with van der Waals surface area (Å²) in [4.78, 5) is 9.38. The highest BCUT2D eigenvalue weighted by Gasteiger charge is 2.26. The number of hydrogen-bond donors (Lipinski definition) is 3. The van der Waals surface area contributed by atoms with E-state index in [2.05, 4.69) is 39.4 Å². The first-order chi connectivity index (χ1) is 11.9. The van der Waals surface area contributed by atoms with Crippen molar-refractivity contribution in [3.8, 4) is 0 Å². The summed E-state index contributed by atoms with van der Waals surface area (Å²) in [7, 11) is 2.17. The predicted molar refractivity (Wildman–Crippen MR) is 101 cm³/mol. The van der Waals surface area contributed by atoms with Gasteiger partial charge in [0.25, 0.3) is 0 Å². The summed E-state index contributed by atoms with van der Waals surface area (Å²) in [5.41, 5.74) is -1.12. The topological polar surface area (TPSA) is 76.3 Å². The monoisotopic (exact) mass is 351 g/mol. The van der Waals surface area contributed by atoms with Crippen LogP contribution in [0.1, 0.15) is 26.5 Å². The van der Waals surface area contributed by atoms with Gasteiger partial charge in [-0.15, -0.1) is 0 Å². The summed E-state index contributed by atoms with van der Waals surface area (Å²) in [5.74, 6) is 1.24. The van der Waals surface area contributed by atoms with E-state index in [1.165, 1.54) is 0 Å². The number of piperazine rings is 1. The second kappa shape index (κ2) is 9.22.